The number of aliphatic hydroxyl groups is 1. The van der Waals surface area contributed by atoms with Crippen molar-refractivity contribution in [1.82, 2.24) is 10.6 Å². The molecule has 2 rings (SSSR count). The van der Waals surface area contributed by atoms with Gasteiger partial charge in [-0.2, -0.15) is 0 Å². The molecule has 0 bridgehead atoms. The molecule has 0 saturated carbocycles. The summed E-state index contributed by atoms with van der Waals surface area (Å²) >= 11 is 0. The highest BCUT2D eigenvalue weighted by Crippen LogP contribution is 2.09. The Morgan fingerprint density at radius 1 is 1.43 bits per heavy atom. The molecule has 0 radical (unpaired) electrons. The normalized spacial score (nSPS) is 18.0. The van der Waals surface area contributed by atoms with Gasteiger partial charge < -0.3 is 25.2 Å². The number of carbonyl (C=O) groups is 2. The van der Waals surface area contributed by atoms with Gasteiger partial charge in [-0.05, 0) is 24.8 Å². The minimum atomic E-state index is -0.551. The Balaban J connectivity index is 1.63. The van der Waals surface area contributed by atoms with Crippen LogP contribution < -0.4 is 10.6 Å². The number of hydrogen-bond acceptors (Lipinski definition) is 5. The SMILES string of the molecule is O=C(N[C@@H](CO)CCC[C@H]1COC(=O)N1)OCc1ccccc1. The third kappa shape index (κ3) is 6.15. The lowest BCUT2D eigenvalue weighted by molar-refractivity contribution is 0.127. The van der Waals surface area contributed by atoms with Crippen molar-refractivity contribution in [3.05, 3.63) is 35.9 Å². The predicted octanol–water partition coefficient (Wildman–Crippen LogP) is 1.55. The molecule has 3 N–H and O–H groups in total. The number of cyclic esters (lactones) is 1. The third-order valence-electron chi connectivity index (χ3n) is 3.60. The Morgan fingerprint density at radius 3 is 2.87 bits per heavy atom. The molecule has 1 aromatic carbocycles. The zero-order chi connectivity index (χ0) is 16.5. The Bertz CT molecular complexity index is 508. The van der Waals surface area contributed by atoms with Crippen molar-refractivity contribution in [3.63, 3.8) is 0 Å². The molecular formula is C16H22N2O5. The van der Waals surface area contributed by atoms with E-state index < -0.39 is 12.2 Å². The molecule has 7 heteroatoms. The van der Waals surface area contributed by atoms with Crippen molar-refractivity contribution in [2.75, 3.05) is 13.2 Å². The van der Waals surface area contributed by atoms with E-state index in [0.717, 1.165) is 18.4 Å². The van der Waals surface area contributed by atoms with E-state index >= 15 is 0 Å². The van der Waals surface area contributed by atoms with E-state index in [-0.39, 0.29) is 25.3 Å². The zero-order valence-electron chi connectivity index (χ0n) is 12.9. The maximum atomic E-state index is 11.7. The lowest BCUT2D eigenvalue weighted by Gasteiger charge is -2.17. The summed E-state index contributed by atoms with van der Waals surface area (Å²) in [4.78, 5) is 22.6. The first-order valence-electron chi connectivity index (χ1n) is 7.68. The molecular weight excluding hydrogens is 300 g/mol. The highest BCUT2D eigenvalue weighted by Gasteiger charge is 2.22. The molecule has 2 atom stereocenters. The van der Waals surface area contributed by atoms with Crippen molar-refractivity contribution in [3.8, 4) is 0 Å². The minimum Gasteiger partial charge on any atom is -0.447 e. The number of alkyl carbamates (subject to hydrolysis) is 2. The molecule has 0 aromatic heterocycles. The number of rotatable bonds is 8. The second kappa shape index (κ2) is 8.99. The van der Waals surface area contributed by atoms with Crippen LogP contribution in [-0.2, 0) is 16.1 Å². The van der Waals surface area contributed by atoms with Gasteiger partial charge >= 0.3 is 12.2 Å². The Labute approximate surface area is 135 Å². The van der Waals surface area contributed by atoms with Crippen LogP contribution in [-0.4, -0.2) is 42.6 Å². The number of amides is 2. The summed E-state index contributed by atoms with van der Waals surface area (Å²) in [6.45, 7) is 0.402. The van der Waals surface area contributed by atoms with Crippen molar-refractivity contribution >= 4 is 12.2 Å². The van der Waals surface area contributed by atoms with E-state index in [9.17, 15) is 14.7 Å². The van der Waals surface area contributed by atoms with Crippen LogP contribution in [0.5, 0.6) is 0 Å². The number of ether oxygens (including phenoxy) is 2. The first-order valence-corrected chi connectivity index (χ1v) is 7.68. The van der Waals surface area contributed by atoms with Crippen molar-refractivity contribution in [1.29, 1.82) is 0 Å². The van der Waals surface area contributed by atoms with Gasteiger partial charge in [-0.1, -0.05) is 30.3 Å². The molecule has 1 fully saturated rings. The summed E-state index contributed by atoms with van der Waals surface area (Å²) in [6.07, 6.45) is 1.15. The van der Waals surface area contributed by atoms with E-state index in [4.69, 9.17) is 9.47 Å². The van der Waals surface area contributed by atoms with Crippen molar-refractivity contribution in [2.45, 2.75) is 38.0 Å². The second-order valence-corrected chi connectivity index (χ2v) is 5.46. The van der Waals surface area contributed by atoms with Crippen LogP contribution in [0.1, 0.15) is 24.8 Å². The largest absolute Gasteiger partial charge is 0.447 e. The highest BCUT2D eigenvalue weighted by atomic mass is 16.6. The Morgan fingerprint density at radius 2 is 2.22 bits per heavy atom. The average molecular weight is 322 g/mol. The molecule has 1 aliphatic rings. The monoisotopic (exact) mass is 322 g/mol. The van der Waals surface area contributed by atoms with E-state index in [2.05, 4.69) is 10.6 Å². The number of carbonyl (C=O) groups excluding carboxylic acids is 2. The van der Waals surface area contributed by atoms with E-state index in [0.29, 0.717) is 13.0 Å². The zero-order valence-corrected chi connectivity index (χ0v) is 12.9. The smallest absolute Gasteiger partial charge is 0.407 e. The summed E-state index contributed by atoms with van der Waals surface area (Å²) in [5, 5.41) is 14.7. The maximum absolute atomic E-state index is 11.7. The molecule has 126 valence electrons. The van der Waals surface area contributed by atoms with Crippen LogP contribution in [0, 0.1) is 0 Å². The summed E-state index contributed by atoms with van der Waals surface area (Å²) in [6, 6.07) is 9.02. The standard InChI is InChI=1S/C16H22N2O5/c19-9-13(7-4-8-14-11-23-16(21)18-14)17-15(20)22-10-12-5-2-1-3-6-12/h1-3,5-6,13-14,19H,4,7-11H2,(H,17,20)(H,18,21)/t13-,14+/m1/s1. The van der Waals surface area contributed by atoms with Gasteiger partial charge in [0, 0.05) is 0 Å². The summed E-state index contributed by atoms with van der Waals surface area (Å²) in [5.41, 5.74) is 0.903. The second-order valence-electron chi connectivity index (χ2n) is 5.46. The molecule has 23 heavy (non-hydrogen) atoms. The van der Waals surface area contributed by atoms with Gasteiger partial charge in [-0.25, -0.2) is 9.59 Å². The van der Waals surface area contributed by atoms with Gasteiger partial charge in [0.2, 0.25) is 0 Å². The quantitative estimate of drug-likeness (QED) is 0.675. The molecule has 0 spiro atoms. The summed E-state index contributed by atoms with van der Waals surface area (Å²) in [7, 11) is 0. The fourth-order valence-electron chi connectivity index (χ4n) is 2.33. The molecule has 0 aliphatic carbocycles. The highest BCUT2D eigenvalue weighted by molar-refractivity contribution is 5.69. The van der Waals surface area contributed by atoms with Gasteiger partial charge in [0.15, 0.2) is 0 Å². The van der Waals surface area contributed by atoms with Crippen LogP contribution >= 0.6 is 0 Å². The average Bonchev–Trinajstić information content (AvgIpc) is 2.98. The van der Waals surface area contributed by atoms with Crippen molar-refractivity contribution < 1.29 is 24.2 Å². The van der Waals surface area contributed by atoms with Crippen LogP contribution in [0.2, 0.25) is 0 Å². The number of benzene rings is 1. The first-order chi connectivity index (χ1) is 11.2. The van der Waals surface area contributed by atoms with Crippen LogP contribution in [0.25, 0.3) is 0 Å². The van der Waals surface area contributed by atoms with E-state index in [1.54, 1.807) is 0 Å². The molecule has 1 aliphatic heterocycles. The number of hydrogen-bond donors (Lipinski definition) is 3. The molecule has 1 heterocycles. The van der Waals surface area contributed by atoms with Gasteiger partial charge in [-0.15, -0.1) is 0 Å². The van der Waals surface area contributed by atoms with Gasteiger partial charge in [0.25, 0.3) is 0 Å². The summed E-state index contributed by atoms with van der Waals surface area (Å²) < 4.78 is 9.91. The van der Waals surface area contributed by atoms with Crippen LogP contribution in [0.15, 0.2) is 30.3 Å². The fraction of sp³-hybridized carbons (Fsp3) is 0.500. The molecule has 1 aromatic rings. The lowest BCUT2D eigenvalue weighted by atomic mass is 10.1. The van der Waals surface area contributed by atoms with Gasteiger partial charge in [0.1, 0.15) is 13.2 Å². The maximum Gasteiger partial charge on any atom is 0.407 e. The summed E-state index contributed by atoms with van der Waals surface area (Å²) in [5.74, 6) is 0. The van der Waals surface area contributed by atoms with Crippen LogP contribution in [0.4, 0.5) is 9.59 Å². The van der Waals surface area contributed by atoms with E-state index in [1.807, 2.05) is 30.3 Å². The Hall–Kier alpha value is -2.28. The van der Waals surface area contributed by atoms with Gasteiger partial charge in [0.05, 0.1) is 18.7 Å². The third-order valence-corrected chi connectivity index (χ3v) is 3.60. The molecule has 0 unspecified atom stereocenters. The fourth-order valence-corrected chi connectivity index (χ4v) is 2.33. The topological polar surface area (TPSA) is 96.9 Å². The molecule has 2 amide bonds. The van der Waals surface area contributed by atoms with Crippen LogP contribution in [0.3, 0.4) is 0 Å². The molecule has 7 nitrogen and oxygen atoms in total. The van der Waals surface area contributed by atoms with Gasteiger partial charge in [-0.3, -0.25) is 0 Å². The minimum absolute atomic E-state index is 0.00637. The predicted molar refractivity (Wildman–Crippen MR) is 82.8 cm³/mol. The lowest BCUT2D eigenvalue weighted by Crippen LogP contribution is -2.38. The first kappa shape index (κ1) is 17.1. The number of aliphatic hydroxyl groups excluding tert-OH is 1. The Kier molecular flexibility index (Phi) is 6.68. The molecule has 1 saturated heterocycles. The van der Waals surface area contributed by atoms with E-state index in [1.165, 1.54) is 0 Å². The number of nitrogens with one attached hydrogen (secondary N) is 2. The van der Waals surface area contributed by atoms with Crippen molar-refractivity contribution in [2.24, 2.45) is 0 Å².